The molecule has 0 saturated heterocycles. The van der Waals surface area contributed by atoms with Gasteiger partial charge in [0.1, 0.15) is 23.1 Å². The van der Waals surface area contributed by atoms with Crippen LogP contribution in [0.4, 0.5) is 0 Å². The van der Waals surface area contributed by atoms with Gasteiger partial charge >= 0.3 is 5.97 Å². The summed E-state index contributed by atoms with van der Waals surface area (Å²) in [6.07, 6.45) is 0.953. The van der Waals surface area contributed by atoms with Crippen LogP contribution in [0.2, 0.25) is 0 Å². The number of ether oxygens (including phenoxy) is 1. The Balaban J connectivity index is 1.71. The lowest BCUT2D eigenvalue weighted by atomic mass is 9.62. The zero-order valence-electron chi connectivity index (χ0n) is 21.2. The first-order valence-electron chi connectivity index (χ1n) is 12.2. The number of carbonyl (C=O) groups excluding carboxylic acids is 4. The van der Waals surface area contributed by atoms with Gasteiger partial charge in [-0.05, 0) is 40.7 Å². The molecule has 0 spiro atoms. The van der Waals surface area contributed by atoms with E-state index in [0.717, 1.165) is 0 Å². The minimum atomic E-state index is -1.04. The molecule has 2 aromatic rings. The fourth-order valence-corrected chi connectivity index (χ4v) is 5.44. The molecule has 1 fully saturated rings. The Morgan fingerprint density at radius 3 is 1.94 bits per heavy atom. The predicted octanol–water partition coefficient (Wildman–Crippen LogP) is 5.77. The molecule has 0 aliphatic heterocycles. The van der Waals surface area contributed by atoms with Gasteiger partial charge in [-0.15, -0.1) is 0 Å². The van der Waals surface area contributed by atoms with E-state index in [1.165, 1.54) is 0 Å². The van der Waals surface area contributed by atoms with Crippen molar-refractivity contribution in [1.29, 1.82) is 0 Å². The highest BCUT2D eigenvalue weighted by molar-refractivity contribution is 6.09. The van der Waals surface area contributed by atoms with Crippen molar-refractivity contribution in [2.24, 2.45) is 16.7 Å². The fourth-order valence-electron chi connectivity index (χ4n) is 5.44. The molecular weight excluding hydrogens is 456 g/mol. The van der Waals surface area contributed by atoms with Gasteiger partial charge in [0.05, 0.1) is 11.5 Å². The van der Waals surface area contributed by atoms with Gasteiger partial charge in [0.15, 0.2) is 5.78 Å². The van der Waals surface area contributed by atoms with Crippen LogP contribution in [0.3, 0.4) is 0 Å². The van der Waals surface area contributed by atoms with Crippen molar-refractivity contribution in [1.82, 2.24) is 0 Å². The van der Waals surface area contributed by atoms with Crippen LogP contribution < -0.4 is 4.74 Å². The third-order valence-corrected chi connectivity index (χ3v) is 7.00. The van der Waals surface area contributed by atoms with Crippen LogP contribution in [-0.2, 0) is 14.4 Å². The molecule has 0 amide bonds. The maximum atomic E-state index is 13.3. The van der Waals surface area contributed by atoms with Crippen molar-refractivity contribution in [3.63, 3.8) is 0 Å². The molecule has 1 N–H and O–H groups in total. The molecular formula is C30H32O6. The number of aliphatic hydroxyl groups is 1. The Morgan fingerprint density at radius 2 is 1.39 bits per heavy atom. The van der Waals surface area contributed by atoms with E-state index in [9.17, 15) is 24.3 Å². The lowest BCUT2D eigenvalue weighted by Gasteiger charge is -2.39. The number of hydrogen-bond acceptors (Lipinski definition) is 6. The molecule has 1 saturated carbocycles. The molecule has 0 radical (unpaired) electrons. The van der Waals surface area contributed by atoms with Crippen LogP contribution in [0.5, 0.6) is 5.75 Å². The van der Waals surface area contributed by atoms with Gasteiger partial charge in [-0.3, -0.25) is 14.4 Å². The molecule has 2 aliphatic carbocycles. The lowest BCUT2D eigenvalue weighted by Crippen LogP contribution is -2.43. The standard InChI is InChI=1S/C30H32O6/c1-29(2)14-21(31)26(22(32)15-29)25(27-23(33)16-30(3,4)17-24(27)34)18-10-12-20(13-11-18)36-28(35)19-8-6-5-7-9-19/h5-13,25-26,33H,14-17H2,1-4H3/t25-/m1/s1. The average molecular weight is 489 g/mol. The molecule has 188 valence electrons. The first-order valence-corrected chi connectivity index (χ1v) is 12.2. The molecule has 4 rings (SSSR count). The first kappa shape index (κ1) is 25.5. The molecule has 6 heteroatoms. The molecule has 0 aromatic heterocycles. The Bertz CT molecular complexity index is 1210. The molecule has 2 aliphatic rings. The molecule has 0 heterocycles. The van der Waals surface area contributed by atoms with E-state index in [2.05, 4.69) is 0 Å². The monoisotopic (exact) mass is 488 g/mol. The molecule has 36 heavy (non-hydrogen) atoms. The van der Waals surface area contributed by atoms with E-state index in [1.54, 1.807) is 54.6 Å². The van der Waals surface area contributed by atoms with E-state index in [-0.39, 0.29) is 54.4 Å². The third-order valence-electron chi connectivity index (χ3n) is 7.00. The Kier molecular flexibility index (Phi) is 6.74. The summed E-state index contributed by atoms with van der Waals surface area (Å²) in [4.78, 5) is 52.3. The van der Waals surface area contributed by atoms with Gasteiger partial charge in [0.2, 0.25) is 0 Å². The van der Waals surface area contributed by atoms with Crippen LogP contribution in [0.25, 0.3) is 0 Å². The van der Waals surface area contributed by atoms with Crippen LogP contribution in [-0.4, -0.2) is 28.4 Å². The number of ketones is 3. The van der Waals surface area contributed by atoms with Crippen LogP contribution in [0.1, 0.15) is 75.2 Å². The summed E-state index contributed by atoms with van der Waals surface area (Å²) in [5, 5.41) is 11.0. The number of allylic oxidation sites excluding steroid dienone is 2. The first-order chi connectivity index (χ1) is 16.9. The van der Waals surface area contributed by atoms with Gasteiger partial charge in [0.25, 0.3) is 0 Å². The summed E-state index contributed by atoms with van der Waals surface area (Å²) in [6, 6.07) is 15.1. The van der Waals surface area contributed by atoms with Crippen LogP contribution in [0.15, 0.2) is 65.9 Å². The molecule has 0 unspecified atom stereocenters. The van der Waals surface area contributed by atoms with Gasteiger partial charge in [-0.1, -0.05) is 58.0 Å². The quantitative estimate of drug-likeness (QED) is 0.326. The number of carbonyl (C=O) groups is 4. The minimum Gasteiger partial charge on any atom is -0.512 e. The zero-order valence-corrected chi connectivity index (χ0v) is 21.2. The fraction of sp³-hybridized carbons (Fsp3) is 0.400. The second kappa shape index (κ2) is 9.49. The summed E-state index contributed by atoms with van der Waals surface area (Å²) in [6.45, 7) is 7.58. The predicted molar refractivity (Wildman–Crippen MR) is 135 cm³/mol. The largest absolute Gasteiger partial charge is 0.512 e. The number of benzene rings is 2. The Morgan fingerprint density at radius 1 is 0.833 bits per heavy atom. The van der Waals surface area contributed by atoms with E-state index in [0.29, 0.717) is 16.9 Å². The van der Waals surface area contributed by atoms with Crippen molar-refractivity contribution >= 4 is 23.3 Å². The maximum absolute atomic E-state index is 13.3. The summed E-state index contributed by atoms with van der Waals surface area (Å²) >= 11 is 0. The Labute approximate surface area is 211 Å². The summed E-state index contributed by atoms with van der Waals surface area (Å²) < 4.78 is 5.46. The lowest BCUT2D eigenvalue weighted by molar-refractivity contribution is -0.140. The van der Waals surface area contributed by atoms with Gasteiger partial charge in [-0.2, -0.15) is 0 Å². The maximum Gasteiger partial charge on any atom is 0.343 e. The van der Waals surface area contributed by atoms with E-state index in [1.807, 2.05) is 27.7 Å². The number of rotatable bonds is 5. The molecule has 6 nitrogen and oxygen atoms in total. The molecule has 2 aromatic carbocycles. The van der Waals surface area contributed by atoms with Crippen molar-refractivity contribution in [3.8, 4) is 5.75 Å². The minimum absolute atomic E-state index is 0.0636. The van der Waals surface area contributed by atoms with Crippen molar-refractivity contribution in [3.05, 3.63) is 77.1 Å². The van der Waals surface area contributed by atoms with E-state index >= 15 is 0 Å². The van der Waals surface area contributed by atoms with E-state index in [4.69, 9.17) is 4.74 Å². The summed E-state index contributed by atoms with van der Waals surface area (Å²) in [5.41, 5.74) is 0.253. The number of hydrogen-bond donors (Lipinski definition) is 1. The number of Topliss-reactive ketones (excluding diaryl/α,β-unsaturated/α-hetero) is 3. The highest BCUT2D eigenvalue weighted by atomic mass is 16.5. The summed E-state index contributed by atoms with van der Waals surface area (Å²) in [7, 11) is 0. The van der Waals surface area contributed by atoms with E-state index < -0.39 is 28.6 Å². The Hall–Kier alpha value is -3.54. The smallest absolute Gasteiger partial charge is 0.343 e. The van der Waals surface area contributed by atoms with Crippen molar-refractivity contribution in [2.75, 3.05) is 0 Å². The normalized spacial score (nSPS) is 20.8. The van der Waals surface area contributed by atoms with Crippen LogP contribution >= 0.6 is 0 Å². The second-order valence-corrected chi connectivity index (χ2v) is 11.5. The van der Waals surface area contributed by atoms with Gasteiger partial charge < -0.3 is 9.84 Å². The molecule has 1 atom stereocenters. The topological polar surface area (TPSA) is 97.7 Å². The van der Waals surface area contributed by atoms with Crippen LogP contribution in [0, 0.1) is 16.7 Å². The molecule has 0 bridgehead atoms. The second-order valence-electron chi connectivity index (χ2n) is 11.5. The third kappa shape index (κ3) is 5.32. The average Bonchev–Trinajstić information content (AvgIpc) is 2.76. The van der Waals surface area contributed by atoms with Crippen molar-refractivity contribution < 1.29 is 29.0 Å². The SMILES string of the molecule is CC1(C)CC(=O)C([C@H](C2=C(O)CC(C)(C)CC2=O)c2ccc(OC(=O)c3ccccc3)cc2)C(=O)C1. The number of esters is 1. The zero-order chi connectivity index (χ0) is 26.3. The van der Waals surface area contributed by atoms with Crippen molar-refractivity contribution in [2.45, 2.75) is 59.3 Å². The van der Waals surface area contributed by atoms with Gasteiger partial charge in [0, 0.05) is 37.2 Å². The highest BCUT2D eigenvalue weighted by Gasteiger charge is 2.48. The summed E-state index contributed by atoms with van der Waals surface area (Å²) in [5.74, 6) is -2.91. The highest BCUT2D eigenvalue weighted by Crippen LogP contribution is 2.47. The number of aliphatic hydroxyl groups excluding tert-OH is 1. The van der Waals surface area contributed by atoms with Gasteiger partial charge in [-0.25, -0.2) is 4.79 Å².